The van der Waals surface area contributed by atoms with Gasteiger partial charge < -0.3 is 12.9 Å². The summed E-state index contributed by atoms with van der Waals surface area (Å²) in [7, 11) is 0. The maximum Gasteiger partial charge on any atom is 0.479 e. The van der Waals surface area contributed by atoms with Crippen LogP contribution in [0.2, 0.25) is 6.32 Å². The molecule has 0 spiro atoms. The highest BCUT2D eigenvalue weighted by Crippen LogP contribution is 2.21. The van der Waals surface area contributed by atoms with Crippen LogP contribution in [0.4, 0.5) is 12.9 Å². The van der Waals surface area contributed by atoms with Crippen molar-refractivity contribution in [3.05, 3.63) is 0 Å². The lowest BCUT2D eigenvalue weighted by atomic mass is 9.86. The van der Waals surface area contributed by atoms with Crippen molar-refractivity contribution in [3.8, 4) is 6.07 Å². The van der Waals surface area contributed by atoms with Crippen molar-refractivity contribution in [1.82, 2.24) is 4.90 Å². The zero-order valence-electron chi connectivity index (χ0n) is 7.22. The fourth-order valence-electron chi connectivity index (χ4n) is 1.55. The van der Waals surface area contributed by atoms with Crippen molar-refractivity contribution < 1.29 is 12.9 Å². The molecular formula is C7H11BF3N2-. The average Bonchev–Trinajstić information content (AvgIpc) is 2.46. The van der Waals surface area contributed by atoms with Gasteiger partial charge in [-0.2, -0.15) is 5.26 Å². The summed E-state index contributed by atoms with van der Waals surface area (Å²) < 4.78 is 35.7. The Morgan fingerprint density at radius 3 is 2.69 bits per heavy atom. The van der Waals surface area contributed by atoms with E-state index in [1.165, 1.54) is 0 Å². The molecule has 1 saturated heterocycles. The number of halogens is 3. The van der Waals surface area contributed by atoms with Crippen LogP contribution < -0.4 is 0 Å². The lowest BCUT2D eigenvalue weighted by Crippen LogP contribution is -2.32. The Balaban J connectivity index is 2.33. The molecule has 13 heavy (non-hydrogen) atoms. The zero-order chi connectivity index (χ0) is 9.90. The Hall–Kier alpha value is -0.695. The standard InChI is InChI=1S/C7H11BF3N2/c9-8(10,11)3-5-13-4-1-2-7(13)6-12/h7H,1-5H2/q-1. The van der Waals surface area contributed by atoms with Gasteiger partial charge in [0.25, 0.3) is 0 Å². The van der Waals surface area contributed by atoms with Crippen LogP contribution in [0, 0.1) is 11.3 Å². The summed E-state index contributed by atoms with van der Waals surface area (Å²) in [4.78, 5) is 1.62. The largest absolute Gasteiger partial charge is 0.479 e. The Morgan fingerprint density at radius 1 is 1.46 bits per heavy atom. The zero-order valence-corrected chi connectivity index (χ0v) is 7.22. The predicted molar refractivity (Wildman–Crippen MR) is 44.1 cm³/mol. The van der Waals surface area contributed by atoms with Gasteiger partial charge in [-0.05, 0) is 25.9 Å². The van der Waals surface area contributed by atoms with Gasteiger partial charge in [-0.15, -0.1) is 0 Å². The van der Waals surface area contributed by atoms with Gasteiger partial charge in [-0.25, -0.2) is 0 Å². The summed E-state index contributed by atoms with van der Waals surface area (Å²) >= 11 is 0. The molecule has 0 N–H and O–H groups in total. The highest BCUT2D eigenvalue weighted by atomic mass is 19.4. The molecule has 0 saturated carbocycles. The van der Waals surface area contributed by atoms with Crippen LogP contribution in [-0.2, 0) is 0 Å². The summed E-state index contributed by atoms with van der Waals surface area (Å²) in [5, 5.41) is 8.60. The maximum absolute atomic E-state index is 11.9. The number of likely N-dealkylation sites (tertiary alicyclic amines) is 1. The molecule has 1 rings (SSSR count). The van der Waals surface area contributed by atoms with E-state index in [9.17, 15) is 12.9 Å². The molecule has 0 aliphatic carbocycles. The fraction of sp³-hybridized carbons (Fsp3) is 0.857. The van der Waals surface area contributed by atoms with Crippen molar-refractivity contribution in [2.24, 2.45) is 0 Å². The Labute approximate surface area is 75.4 Å². The first-order valence-electron chi connectivity index (χ1n) is 4.37. The molecule has 6 heteroatoms. The third kappa shape index (κ3) is 3.27. The Kier molecular flexibility index (Phi) is 3.20. The van der Waals surface area contributed by atoms with Crippen LogP contribution in [0.1, 0.15) is 12.8 Å². The number of rotatable bonds is 3. The van der Waals surface area contributed by atoms with E-state index in [0.29, 0.717) is 13.0 Å². The summed E-state index contributed by atoms with van der Waals surface area (Å²) in [6, 6.07) is 1.72. The molecule has 1 aliphatic heterocycles. The lowest BCUT2D eigenvalue weighted by Gasteiger charge is -2.22. The van der Waals surface area contributed by atoms with Crippen LogP contribution in [-0.4, -0.2) is 31.0 Å². The predicted octanol–water partition coefficient (Wildman–Crippen LogP) is 1.82. The SMILES string of the molecule is N#CC1CCCN1CC[B-](F)(F)F. The molecule has 1 unspecified atom stereocenters. The minimum Gasteiger partial charge on any atom is -0.449 e. The van der Waals surface area contributed by atoms with Gasteiger partial charge >= 0.3 is 6.98 Å². The van der Waals surface area contributed by atoms with Gasteiger partial charge in [-0.1, -0.05) is 6.32 Å². The molecule has 74 valence electrons. The summed E-state index contributed by atoms with van der Waals surface area (Å²) in [5.74, 6) is 0. The molecule has 1 aliphatic rings. The molecular weight excluding hydrogens is 180 g/mol. The van der Waals surface area contributed by atoms with Crippen LogP contribution >= 0.6 is 0 Å². The molecule has 0 aromatic heterocycles. The quantitative estimate of drug-likeness (QED) is 0.636. The third-order valence-corrected chi connectivity index (χ3v) is 2.26. The third-order valence-electron chi connectivity index (χ3n) is 2.26. The van der Waals surface area contributed by atoms with E-state index < -0.39 is 13.3 Å². The van der Waals surface area contributed by atoms with Crippen LogP contribution in [0.15, 0.2) is 0 Å². The van der Waals surface area contributed by atoms with Gasteiger partial charge in [-0.3, -0.25) is 4.90 Å². The van der Waals surface area contributed by atoms with Crippen LogP contribution in [0.5, 0.6) is 0 Å². The fourth-order valence-corrected chi connectivity index (χ4v) is 1.55. The maximum atomic E-state index is 11.9. The first-order chi connectivity index (χ1) is 6.03. The highest BCUT2D eigenvalue weighted by molar-refractivity contribution is 6.58. The lowest BCUT2D eigenvalue weighted by molar-refractivity contribution is 0.299. The van der Waals surface area contributed by atoms with E-state index in [0.717, 1.165) is 6.42 Å². The van der Waals surface area contributed by atoms with Crippen molar-refractivity contribution in [3.63, 3.8) is 0 Å². The van der Waals surface area contributed by atoms with Gasteiger partial charge in [0.2, 0.25) is 0 Å². The number of hydrogen-bond donors (Lipinski definition) is 0. The van der Waals surface area contributed by atoms with Gasteiger partial charge in [0.1, 0.15) is 0 Å². The van der Waals surface area contributed by atoms with E-state index in [-0.39, 0.29) is 12.6 Å². The van der Waals surface area contributed by atoms with Crippen molar-refractivity contribution in [2.75, 3.05) is 13.1 Å². The molecule has 0 aromatic rings. The number of nitrogens with zero attached hydrogens (tertiary/aromatic N) is 2. The second-order valence-electron chi connectivity index (χ2n) is 3.32. The van der Waals surface area contributed by atoms with Crippen LogP contribution in [0.25, 0.3) is 0 Å². The van der Waals surface area contributed by atoms with E-state index in [1.807, 2.05) is 6.07 Å². The van der Waals surface area contributed by atoms with E-state index in [2.05, 4.69) is 0 Å². The van der Waals surface area contributed by atoms with Gasteiger partial charge in [0, 0.05) is 0 Å². The van der Waals surface area contributed by atoms with Gasteiger partial charge in [0.05, 0.1) is 12.1 Å². The smallest absolute Gasteiger partial charge is 0.449 e. The second kappa shape index (κ2) is 4.01. The molecule has 2 nitrogen and oxygen atoms in total. The number of nitriles is 1. The van der Waals surface area contributed by atoms with Crippen molar-refractivity contribution >= 4 is 6.98 Å². The minimum atomic E-state index is -4.70. The van der Waals surface area contributed by atoms with Crippen molar-refractivity contribution in [2.45, 2.75) is 25.2 Å². The summed E-state index contributed by atoms with van der Waals surface area (Å²) in [6.07, 6.45) is 0.794. The Morgan fingerprint density at radius 2 is 2.15 bits per heavy atom. The molecule has 1 heterocycles. The normalized spacial score (nSPS) is 24.6. The molecule has 0 radical (unpaired) electrons. The molecule has 0 amide bonds. The second-order valence-corrected chi connectivity index (χ2v) is 3.32. The van der Waals surface area contributed by atoms with Crippen LogP contribution in [0.3, 0.4) is 0 Å². The molecule has 0 aromatic carbocycles. The molecule has 1 atom stereocenters. The first-order valence-corrected chi connectivity index (χ1v) is 4.37. The van der Waals surface area contributed by atoms with Crippen molar-refractivity contribution in [1.29, 1.82) is 5.26 Å². The molecule has 0 bridgehead atoms. The summed E-state index contributed by atoms with van der Waals surface area (Å²) in [6.45, 7) is -4.08. The monoisotopic (exact) mass is 191 g/mol. The summed E-state index contributed by atoms with van der Waals surface area (Å²) in [5.41, 5.74) is 0. The number of hydrogen-bond acceptors (Lipinski definition) is 2. The van der Waals surface area contributed by atoms with Gasteiger partial charge in [0.15, 0.2) is 0 Å². The minimum absolute atomic E-state index is 0.0122. The highest BCUT2D eigenvalue weighted by Gasteiger charge is 2.28. The average molecular weight is 191 g/mol. The van der Waals surface area contributed by atoms with E-state index >= 15 is 0 Å². The Bertz CT molecular complexity index is 211. The first kappa shape index (κ1) is 10.4. The van der Waals surface area contributed by atoms with E-state index in [1.54, 1.807) is 4.90 Å². The van der Waals surface area contributed by atoms with E-state index in [4.69, 9.17) is 5.26 Å². The molecule has 1 fully saturated rings. The topological polar surface area (TPSA) is 27.0 Å².